The van der Waals surface area contributed by atoms with Crippen LogP contribution in [0.3, 0.4) is 0 Å². The molecule has 1 heterocycles. The summed E-state index contributed by atoms with van der Waals surface area (Å²) in [5.41, 5.74) is 0.372. The van der Waals surface area contributed by atoms with E-state index in [9.17, 15) is 4.79 Å². The second-order valence-corrected chi connectivity index (χ2v) is 7.87. The third-order valence-corrected chi connectivity index (χ3v) is 6.32. The molecule has 0 saturated heterocycles. The van der Waals surface area contributed by atoms with Crippen molar-refractivity contribution in [3.8, 4) is 0 Å². The van der Waals surface area contributed by atoms with E-state index in [2.05, 4.69) is 22.4 Å². The Balaban J connectivity index is 1.46. The van der Waals surface area contributed by atoms with E-state index in [0.29, 0.717) is 11.5 Å². The average Bonchev–Trinajstić information content (AvgIpc) is 2.96. The van der Waals surface area contributed by atoms with E-state index < -0.39 is 0 Å². The number of hydrogen-bond acceptors (Lipinski definition) is 3. The molecule has 1 N–H and O–H groups in total. The molecule has 0 radical (unpaired) electrons. The minimum Gasteiger partial charge on any atom is -0.351 e. The van der Waals surface area contributed by atoms with Crippen molar-refractivity contribution in [3.63, 3.8) is 0 Å². The highest BCUT2D eigenvalue weighted by Gasteiger charge is 2.53. The topological polar surface area (TPSA) is 59.8 Å². The van der Waals surface area contributed by atoms with E-state index in [4.69, 9.17) is 0 Å². The van der Waals surface area contributed by atoms with Crippen LogP contribution in [0.25, 0.3) is 0 Å². The van der Waals surface area contributed by atoms with Gasteiger partial charge >= 0.3 is 0 Å². The minimum atomic E-state index is 0.0544. The Morgan fingerprint density at radius 3 is 2.23 bits per heavy atom. The van der Waals surface area contributed by atoms with Crippen molar-refractivity contribution in [2.45, 2.75) is 64.5 Å². The second-order valence-electron chi connectivity index (χ2n) is 7.87. The number of rotatable bonds is 5. The molecular weight excluding hydrogens is 276 g/mol. The molecule has 4 fully saturated rings. The second kappa shape index (κ2) is 5.36. The van der Waals surface area contributed by atoms with Gasteiger partial charge < -0.3 is 5.32 Å². The van der Waals surface area contributed by atoms with Crippen molar-refractivity contribution in [1.29, 1.82) is 0 Å². The lowest BCUT2D eigenvalue weighted by Crippen LogP contribution is -2.57. The summed E-state index contributed by atoms with van der Waals surface area (Å²) >= 11 is 0. The summed E-state index contributed by atoms with van der Waals surface area (Å²) in [6, 6.07) is 0.323. The van der Waals surface area contributed by atoms with Gasteiger partial charge in [0.05, 0.1) is 12.4 Å². The Bertz CT molecular complexity index is 504. The fourth-order valence-electron chi connectivity index (χ4n) is 5.99. The van der Waals surface area contributed by atoms with E-state index in [1.54, 1.807) is 12.4 Å². The number of carbonyl (C=O) groups is 1. The van der Waals surface area contributed by atoms with E-state index in [1.807, 2.05) is 0 Å². The summed E-state index contributed by atoms with van der Waals surface area (Å²) in [7, 11) is 0. The number of amides is 1. The van der Waals surface area contributed by atoms with E-state index in [0.717, 1.165) is 24.2 Å². The molecule has 5 nitrogen and oxygen atoms in total. The van der Waals surface area contributed by atoms with E-state index >= 15 is 0 Å². The first-order chi connectivity index (χ1) is 10.7. The highest BCUT2D eigenvalue weighted by molar-refractivity contribution is 5.75. The van der Waals surface area contributed by atoms with Crippen molar-refractivity contribution in [2.75, 3.05) is 0 Å². The van der Waals surface area contributed by atoms with Crippen LogP contribution in [-0.2, 0) is 11.3 Å². The summed E-state index contributed by atoms with van der Waals surface area (Å²) in [5, 5.41) is 11.4. The maximum absolute atomic E-state index is 12.4. The number of aromatic nitrogens is 3. The van der Waals surface area contributed by atoms with Crippen LogP contribution >= 0.6 is 0 Å². The summed E-state index contributed by atoms with van der Waals surface area (Å²) in [6.45, 7) is 2.45. The summed E-state index contributed by atoms with van der Waals surface area (Å²) in [5.74, 6) is 2.82. The molecule has 4 aliphatic rings. The van der Waals surface area contributed by atoms with Gasteiger partial charge in [0, 0.05) is 6.04 Å². The minimum absolute atomic E-state index is 0.0544. The van der Waals surface area contributed by atoms with Crippen molar-refractivity contribution in [2.24, 2.45) is 23.2 Å². The van der Waals surface area contributed by atoms with Crippen molar-refractivity contribution >= 4 is 5.91 Å². The van der Waals surface area contributed by atoms with E-state index in [1.165, 1.54) is 43.3 Å². The molecule has 5 heteroatoms. The molecule has 0 aliphatic heterocycles. The molecule has 1 unspecified atom stereocenters. The smallest absolute Gasteiger partial charge is 0.243 e. The third-order valence-electron chi connectivity index (χ3n) is 6.32. The molecule has 1 atom stereocenters. The zero-order chi connectivity index (χ0) is 15.2. The van der Waals surface area contributed by atoms with Gasteiger partial charge in [-0.1, -0.05) is 6.92 Å². The molecule has 4 bridgehead atoms. The molecule has 5 rings (SSSR count). The molecule has 1 aromatic heterocycles. The summed E-state index contributed by atoms with van der Waals surface area (Å²) in [6.07, 6.45) is 12.6. The van der Waals surface area contributed by atoms with Gasteiger partial charge in [0.2, 0.25) is 5.91 Å². The lowest BCUT2D eigenvalue weighted by atomic mass is 9.47. The van der Waals surface area contributed by atoms with Gasteiger partial charge in [-0.2, -0.15) is 15.0 Å². The van der Waals surface area contributed by atoms with Crippen LogP contribution in [0.15, 0.2) is 12.4 Å². The van der Waals surface area contributed by atoms with Gasteiger partial charge in [-0.3, -0.25) is 4.79 Å². The van der Waals surface area contributed by atoms with Crippen LogP contribution in [-0.4, -0.2) is 26.9 Å². The van der Waals surface area contributed by atoms with Crippen LogP contribution in [0.4, 0.5) is 0 Å². The molecule has 4 saturated carbocycles. The van der Waals surface area contributed by atoms with Gasteiger partial charge in [-0.25, -0.2) is 0 Å². The van der Waals surface area contributed by atoms with Crippen molar-refractivity contribution in [3.05, 3.63) is 12.4 Å². The molecule has 1 amide bonds. The van der Waals surface area contributed by atoms with Gasteiger partial charge in [-0.15, -0.1) is 0 Å². The molecular formula is C17H26N4O. The quantitative estimate of drug-likeness (QED) is 0.908. The molecule has 0 spiro atoms. The van der Waals surface area contributed by atoms with Gasteiger partial charge in [0.25, 0.3) is 0 Å². The SMILES string of the molecule is CCC(NC(=O)Cn1nccn1)C12CC3CC(CC(C3)C1)C2. The van der Waals surface area contributed by atoms with Gasteiger partial charge in [0.1, 0.15) is 6.54 Å². The fraction of sp³-hybridized carbons (Fsp3) is 0.824. The molecule has 0 aromatic carbocycles. The zero-order valence-corrected chi connectivity index (χ0v) is 13.4. The zero-order valence-electron chi connectivity index (χ0n) is 13.4. The average molecular weight is 302 g/mol. The standard InChI is InChI=1S/C17H26N4O/c1-2-15(20-16(22)11-21-18-3-4-19-21)17-8-12-5-13(9-17)7-14(6-12)10-17/h3-4,12-15H,2,5-11H2,1H3,(H,20,22). The normalized spacial score (nSPS) is 37.2. The predicted molar refractivity (Wildman–Crippen MR) is 82.8 cm³/mol. The van der Waals surface area contributed by atoms with Crippen LogP contribution in [0, 0.1) is 23.2 Å². The van der Waals surface area contributed by atoms with Gasteiger partial charge in [0.15, 0.2) is 0 Å². The number of nitrogens with one attached hydrogen (secondary N) is 1. The van der Waals surface area contributed by atoms with Crippen molar-refractivity contribution in [1.82, 2.24) is 20.3 Å². The van der Waals surface area contributed by atoms with E-state index in [-0.39, 0.29) is 12.5 Å². The highest BCUT2D eigenvalue weighted by atomic mass is 16.2. The first-order valence-electron chi connectivity index (χ1n) is 8.80. The Morgan fingerprint density at radius 1 is 1.18 bits per heavy atom. The van der Waals surface area contributed by atoms with Crippen LogP contribution in [0.5, 0.6) is 0 Å². The molecule has 120 valence electrons. The summed E-state index contributed by atoms with van der Waals surface area (Å²) in [4.78, 5) is 13.8. The fourth-order valence-corrected chi connectivity index (χ4v) is 5.99. The van der Waals surface area contributed by atoms with Crippen LogP contribution in [0.1, 0.15) is 51.9 Å². The first-order valence-corrected chi connectivity index (χ1v) is 8.80. The van der Waals surface area contributed by atoms with Crippen LogP contribution in [0.2, 0.25) is 0 Å². The van der Waals surface area contributed by atoms with Gasteiger partial charge in [-0.05, 0) is 68.1 Å². The first kappa shape index (κ1) is 14.2. The predicted octanol–water partition coefficient (Wildman–Crippen LogP) is 2.39. The number of hydrogen-bond donors (Lipinski definition) is 1. The van der Waals surface area contributed by atoms with Crippen molar-refractivity contribution < 1.29 is 4.79 Å². The molecule has 1 aromatic rings. The third kappa shape index (κ3) is 2.44. The Labute approximate surface area is 131 Å². The largest absolute Gasteiger partial charge is 0.351 e. The number of nitrogens with zero attached hydrogens (tertiary/aromatic N) is 3. The molecule has 4 aliphatic carbocycles. The van der Waals surface area contributed by atoms with Crippen LogP contribution < -0.4 is 5.32 Å². The monoisotopic (exact) mass is 302 g/mol. The summed E-state index contributed by atoms with van der Waals surface area (Å²) < 4.78 is 0. The molecule has 22 heavy (non-hydrogen) atoms. The lowest BCUT2D eigenvalue weighted by Gasteiger charge is -2.59. The highest BCUT2D eigenvalue weighted by Crippen LogP contribution is 2.61. The maximum atomic E-state index is 12.4. The Hall–Kier alpha value is -1.39. The maximum Gasteiger partial charge on any atom is 0.243 e. The lowest BCUT2D eigenvalue weighted by molar-refractivity contribution is -0.127. The Morgan fingerprint density at radius 2 is 1.73 bits per heavy atom. The number of carbonyl (C=O) groups excluding carboxylic acids is 1. The Kier molecular flexibility index (Phi) is 3.46.